The number of aromatic amines is 1. The number of carbonyl (C=O) groups excluding carboxylic acids is 2. The van der Waals surface area contributed by atoms with Crippen LogP contribution >= 0.6 is 0 Å². The molecule has 6 nitrogen and oxygen atoms in total. The third-order valence-electron chi connectivity index (χ3n) is 5.47. The molecule has 6 heteroatoms. The number of aromatic nitrogens is 1. The van der Waals surface area contributed by atoms with Gasteiger partial charge in [-0.1, -0.05) is 12.8 Å². The Morgan fingerprint density at radius 3 is 2.28 bits per heavy atom. The summed E-state index contributed by atoms with van der Waals surface area (Å²) in [4.78, 5) is 34.6. The summed E-state index contributed by atoms with van der Waals surface area (Å²) in [6, 6.07) is 3.59. The minimum absolute atomic E-state index is 0.0277. The Labute approximate surface area is 150 Å². The van der Waals surface area contributed by atoms with Gasteiger partial charge in [0, 0.05) is 32.4 Å². The van der Waals surface area contributed by atoms with Crippen LogP contribution in [0.2, 0.25) is 0 Å². The van der Waals surface area contributed by atoms with E-state index in [0.717, 1.165) is 26.1 Å². The number of nitrogens with one attached hydrogen (secondary N) is 1. The molecule has 0 bridgehead atoms. The van der Waals surface area contributed by atoms with E-state index in [1.807, 2.05) is 22.8 Å². The molecule has 0 aliphatic carbocycles. The first-order valence-electron chi connectivity index (χ1n) is 9.62. The van der Waals surface area contributed by atoms with Gasteiger partial charge in [-0.3, -0.25) is 14.5 Å². The maximum Gasteiger partial charge on any atom is 0.270 e. The first-order valence-corrected chi connectivity index (χ1v) is 9.62. The van der Waals surface area contributed by atoms with E-state index in [-0.39, 0.29) is 17.9 Å². The van der Waals surface area contributed by atoms with E-state index in [4.69, 9.17) is 0 Å². The summed E-state index contributed by atoms with van der Waals surface area (Å²) < 4.78 is 0. The molecule has 2 amide bonds. The van der Waals surface area contributed by atoms with Gasteiger partial charge in [0.2, 0.25) is 5.91 Å². The number of hydrogen-bond acceptors (Lipinski definition) is 3. The lowest BCUT2D eigenvalue weighted by molar-refractivity contribution is -0.136. The predicted molar refractivity (Wildman–Crippen MR) is 97.4 cm³/mol. The summed E-state index contributed by atoms with van der Waals surface area (Å²) in [6.45, 7) is 6.78. The van der Waals surface area contributed by atoms with Crippen molar-refractivity contribution in [1.29, 1.82) is 0 Å². The van der Waals surface area contributed by atoms with Crippen molar-refractivity contribution in [3.63, 3.8) is 0 Å². The predicted octanol–water partition coefficient (Wildman–Crippen LogP) is 1.95. The lowest BCUT2D eigenvalue weighted by Gasteiger charge is -2.31. The Balaban J connectivity index is 1.56. The Morgan fingerprint density at radius 1 is 0.920 bits per heavy atom. The van der Waals surface area contributed by atoms with Crippen molar-refractivity contribution in [2.75, 3.05) is 39.3 Å². The van der Waals surface area contributed by atoms with Crippen LogP contribution in [0.25, 0.3) is 0 Å². The normalized spacial score (nSPS) is 21.5. The molecule has 2 aliphatic heterocycles. The van der Waals surface area contributed by atoms with Gasteiger partial charge in [-0.15, -0.1) is 0 Å². The van der Waals surface area contributed by atoms with Gasteiger partial charge in [0.25, 0.3) is 5.91 Å². The van der Waals surface area contributed by atoms with Gasteiger partial charge in [-0.05, 0) is 51.4 Å². The molecule has 0 aromatic carbocycles. The first-order chi connectivity index (χ1) is 12.2. The molecule has 3 rings (SSSR count). The standard InChI is InChI=1S/C19H30N4O2/c1-16(21-10-4-2-3-5-11-21)18(24)22-12-7-13-23(15-14-22)19(25)17-8-6-9-20-17/h6,8-9,16,20H,2-5,7,10-15H2,1H3/t16-/m1/s1. The van der Waals surface area contributed by atoms with Crippen molar-refractivity contribution in [1.82, 2.24) is 19.7 Å². The highest BCUT2D eigenvalue weighted by Crippen LogP contribution is 2.15. The van der Waals surface area contributed by atoms with Crippen molar-refractivity contribution < 1.29 is 9.59 Å². The average Bonchev–Trinajstić information content (AvgIpc) is 2.88. The van der Waals surface area contributed by atoms with E-state index >= 15 is 0 Å². The fraction of sp³-hybridized carbons (Fsp3) is 0.684. The molecular weight excluding hydrogens is 316 g/mol. The molecule has 0 radical (unpaired) electrons. The molecule has 0 unspecified atom stereocenters. The van der Waals surface area contributed by atoms with Crippen LogP contribution in [0.5, 0.6) is 0 Å². The summed E-state index contributed by atoms with van der Waals surface area (Å²) in [5.41, 5.74) is 0.623. The van der Waals surface area contributed by atoms with Crippen molar-refractivity contribution in [2.24, 2.45) is 0 Å². The smallest absolute Gasteiger partial charge is 0.270 e. The van der Waals surface area contributed by atoms with Crippen molar-refractivity contribution in [3.8, 4) is 0 Å². The molecular formula is C19H30N4O2. The van der Waals surface area contributed by atoms with Gasteiger partial charge in [0.05, 0.1) is 6.04 Å². The molecule has 0 saturated carbocycles. The lowest BCUT2D eigenvalue weighted by Crippen LogP contribution is -2.48. The van der Waals surface area contributed by atoms with Crippen LogP contribution in [-0.4, -0.2) is 76.8 Å². The van der Waals surface area contributed by atoms with E-state index < -0.39 is 0 Å². The van der Waals surface area contributed by atoms with Crippen LogP contribution in [-0.2, 0) is 4.79 Å². The number of carbonyl (C=O) groups is 2. The Hall–Kier alpha value is -1.82. The molecule has 2 saturated heterocycles. The summed E-state index contributed by atoms with van der Waals surface area (Å²) >= 11 is 0. The first kappa shape index (κ1) is 18.0. The molecule has 25 heavy (non-hydrogen) atoms. The van der Waals surface area contributed by atoms with Crippen LogP contribution in [0, 0.1) is 0 Å². The molecule has 1 aromatic heterocycles. The maximum absolute atomic E-state index is 12.9. The maximum atomic E-state index is 12.9. The molecule has 3 heterocycles. The minimum atomic E-state index is -0.0521. The zero-order chi connectivity index (χ0) is 17.6. The van der Waals surface area contributed by atoms with Crippen LogP contribution in [0.3, 0.4) is 0 Å². The lowest BCUT2D eigenvalue weighted by atomic mass is 10.2. The molecule has 1 N–H and O–H groups in total. The molecule has 138 valence electrons. The van der Waals surface area contributed by atoms with Gasteiger partial charge in [-0.25, -0.2) is 0 Å². The Bertz CT molecular complexity index is 564. The third-order valence-corrected chi connectivity index (χ3v) is 5.47. The highest BCUT2D eigenvalue weighted by molar-refractivity contribution is 5.92. The number of H-pyrrole nitrogens is 1. The monoisotopic (exact) mass is 346 g/mol. The van der Waals surface area contributed by atoms with Gasteiger partial charge >= 0.3 is 0 Å². The molecule has 2 aliphatic rings. The van der Waals surface area contributed by atoms with E-state index in [1.165, 1.54) is 25.7 Å². The van der Waals surface area contributed by atoms with E-state index in [0.29, 0.717) is 25.3 Å². The quantitative estimate of drug-likeness (QED) is 0.910. The van der Waals surface area contributed by atoms with Crippen LogP contribution in [0.4, 0.5) is 0 Å². The average molecular weight is 346 g/mol. The molecule has 1 aromatic rings. The number of rotatable bonds is 3. The van der Waals surface area contributed by atoms with Gasteiger partial charge < -0.3 is 14.8 Å². The van der Waals surface area contributed by atoms with Gasteiger partial charge in [0.1, 0.15) is 5.69 Å². The molecule has 2 fully saturated rings. The zero-order valence-electron chi connectivity index (χ0n) is 15.2. The van der Waals surface area contributed by atoms with Gasteiger partial charge in [0.15, 0.2) is 0 Å². The van der Waals surface area contributed by atoms with Crippen LogP contribution in [0.15, 0.2) is 18.3 Å². The number of likely N-dealkylation sites (tertiary alicyclic amines) is 1. The summed E-state index contributed by atoms with van der Waals surface area (Å²) in [5, 5.41) is 0. The highest BCUT2D eigenvalue weighted by atomic mass is 16.2. The second-order valence-corrected chi connectivity index (χ2v) is 7.18. The van der Waals surface area contributed by atoms with E-state index in [9.17, 15) is 9.59 Å². The molecule has 0 spiro atoms. The summed E-state index contributed by atoms with van der Waals surface area (Å²) in [6.07, 6.45) is 7.54. The van der Waals surface area contributed by atoms with Crippen molar-refractivity contribution in [2.45, 2.75) is 45.1 Å². The molecule has 1 atom stereocenters. The summed E-state index contributed by atoms with van der Waals surface area (Å²) in [7, 11) is 0. The number of amides is 2. The Morgan fingerprint density at radius 2 is 1.60 bits per heavy atom. The number of hydrogen-bond donors (Lipinski definition) is 1. The summed E-state index contributed by atoms with van der Waals surface area (Å²) in [5.74, 6) is 0.246. The highest BCUT2D eigenvalue weighted by Gasteiger charge is 2.29. The number of nitrogens with zero attached hydrogens (tertiary/aromatic N) is 3. The topological polar surface area (TPSA) is 59.7 Å². The van der Waals surface area contributed by atoms with Crippen molar-refractivity contribution in [3.05, 3.63) is 24.0 Å². The van der Waals surface area contributed by atoms with Crippen LogP contribution < -0.4 is 0 Å². The fourth-order valence-corrected chi connectivity index (χ4v) is 3.88. The van der Waals surface area contributed by atoms with Crippen molar-refractivity contribution >= 4 is 11.8 Å². The van der Waals surface area contributed by atoms with Gasteiger partial charge in [-0.2, -0.15) is 0 Å². The zero-order valence-corrected chi connectivity index (χ0v) is 15.2. The SMILES string of the molecule is C[C@H](C(=O)N1CCCN(C(=O)c2ccc[nH]2)CC1)N1CCCCCC1. The minimum Gasteiger partial charge on any atom is -0.357 e. The second kappa shape index (κ2) is 8.52. The van der Waals surface area contributed by atoms with Crippen LogP contribution in [0.1, 0.15) is 49.5 Å². The fourth-order valence-electron chi connectivity index (χ4n) is 3.88. The third kappa shape index (κ3) is 4.42. The largest absolute Gasteiger partial charge is 0.357 e. The van der Waals surface area contributed by atoms with E-state index in [1.54, 1.807) is 12.3 Å². The second-order valence-electron chi connectivity index (χ2n) is 7.18. The van der Waals surface area contributed by atoms with E-state index in [2.05, 4.69) is 9.88 Å². The Kier molecular flexibility index (Phi) is 6.13.